The van der Waals surface area contributed by atoms with Crippen molar-refractivity contribution in [3.05, 3.63) is 36.0 Å². The summed E-state index contributed by atoms with van der Waals surface area (Å²) >= 11 is 0. The highest BCUT2D eigenvalue weighted by Crippen LogP contribution is 2.28. The predicted octanol–water partition coefficient (Wildman–Crippen LogP) is 2.06. The zero-order valence-corrected chi connectivity index (χ0v) is 9.89. The number of para-hydroxylation sites is 1. The zero-order chi connectivity index (χ0) is 11.7. The summed E-state index contributed by atoms with van der Waals surface area (Å²) in [5.41, 5.74) is 2.29. The Kier molecular flexibility index (Phi) is 2.87. The van der Waals surface area contributed by atoms with Gasteiger partial charge >= 0.3 is 0 Å². The van der Waals surface area contributed by atoms with E-state index in [1.54, 1.807) is 0 Å². The van der Waals surface area contributed by atoms with E-state index in [0.29, 0.717) is 6.04 Å². The summed E-state index contributed by atoms with van der Waals surface area (Å²) in [6, 6.07) is 8.92. The molecule has 1 saturated heterocycles. The van der Waals surface area contributed by atoms with E-state index in [9.17, 15) is 5.11 Å². The number of piperidine rings is 1. The summed E-state index contributed by atoms with van der Waals surface area (Å²) in [6.07, 6.45) is 4.47. The molecule has 0 saturated carbocycles. The Bertz CT molecular complexity index is 512. The number of nitrogens with one attached hydrogen (secondary N) is 1. The lowest BCUT2D eigenvalue weighted by Crippen LogP contribution is -2.29. The largest absolute Gasteiger partial charge is 0.392 e. The van der Waals surface area contributed by atoms with Crippen molar-refractivity contribution in [1.82, 2.24) is 9.88 Å². The van der Waals surface area contributed by atoms with Crippen LogP contribution in [0.4, 0.5) is 0 Å². The molecular formula is C14H18N2O. The summed E-state index contributed by atoms with van der Waals surface area (Å²) in [5.74, 6) is 0. The summed E-state index contributed by atoms with van der Waals surface area (Å²) < 4.78 is 2.35. The molecule has 0 atom stereocenters. The van der Waals surface area contributed by atoms with Crippen LogP contribution in [0.3, 0.4) is 0 Å². The second-order valence-corrected chi connectivity index (χ2v) is 4.72. The lowest BCUT2D eigenvalue weighted by atomic mass is 10.1. The Morgan fingerprint density at radius 2 is 2.00 bits per heavy atom. The van der Waals surface area contributed by atoms with Crippen LogP contribution in [0, 0.1) is 0 Å². The molecule has 3 rings (SSSR count). The van der Waals surface area contributed by atoms with Crippen molar-refractivity contribution in [2.75, 3.05) is 13.1 Å². The number of aromatic nitrogens is 1. The maximum atomic E-state index is 9.42. The monoisotopic (exact) mass is 230 g/mol. The molecule has 0 radical (unpaired) electrons. The first kappa shape index (κ1) is 10.8. The molecule has 2 heterocycles. The Labute approximate surface area is 101 Å². The van der Waals surface area contributed by atoms with Gasteiger partial charge in [0.15, 0.2) is 0 Å². The second kappa shape index (κ2) is 4.51. The number of rotatable bonds is 2. The van der Waals surface area contributed by atoms with E-state index in [2.05, 4.69) is 34.3 Å². The molecular weight excluding hydrogens is 212 g/mol. The SMILES string of the molecule is OCc1cn(C2CCNCC2)c2ccccc12. The smallest absolute Gasteiger partial charge is 0.0702 e. The van der Waals surface area contributed by atoms with Gasteiger partial charge in [0.05, 0.1) is 6.61 Å². The van der Waals surface area contributed by atoms with E-state index in [-0.39, 0.29) is 6.61 Å². The first-order valence-corrected chi connectivity index (χ1v) is 6.30. The van der Waals surface area contributed by atoms with Crippen molar-refractivity contribution >= 4 is 10.9 Å². The number of nitrogens with zero attached hydrogens (tertiary/aromatic N) is 1. The maximum Gasteiger partial charge on any atom is 0.0702 e. The third kappa shape index (κ3) is 1.85. The molecule has 3 nitrogen and oxygen atoms in total. The third-order valence-corrected chi connectivity index (χ3v) is 3.70. The lowest BCUT2D eigenvalue weighted by Gasteiger charge is -2.25. The van der Waals surface area contributed by atoms with E-state index in [0.717, 1.165) is 18.7 Å². The molecule has 1 fully saturated rings. The molecule has 1 aromatic carbocycles. The molecule has 0 unspecified atom stereocenters. The van der Waals surface area contributed by atoms with Crippen LogP contribution in [0.15, 0.2) is 30.5 Å². The quantitative estimate of drug-likeness (QED) is 0.828. The molecule has 0 spiro atoms. The van der Waals surface area contributed by atoms with Gasteiger partial charge < -0.3 is 15.0 Å². The molecule has 2 aromatic rings. The number of hydrogen-bond acceptors (Lipinski definition) is 2. The molecule has 90 valence electrons. The van der Waals surface area contributed by atoms with Gasteiger partial charge in [-0.2, -0.15) is 0 Å². The number of aliphatic hydroxyl groups excluding tert-OH is 1. The summed E-state index contributed by atoms with van der Waals surface area (Å²) in [7, 11) is 0. The highest BCUT2D eigenvalue weighted by atomic mass is 16.3. The molecule has 1 aliphatic rings. The van der Waals surface area contributed by atoms with Crippen molar-refractivity contribution in [3.63, 3.8) is 0 Å². The van der Waals surface area contributed by atoms with Crippen LogP contribution in [-0.4, -0.2) is 22.8 Å². The molecule has 0 aliphatic carbocycles. The fourth-order valence-electron chi connectivity index (χ4n) is 2.79. The molecule has 0 bridgehead atoms. The van der Waals surface area contributed by atoms with Gasteiger partial charge in [-0.05, 0) is 32.0 Å². The molecule has 3 heteroatoms. The minimum absolute atomic E-state index is 0.123. The highest BCUT2D eigenvalue weighted by molar-refractivity contribution is 5.84. The van der Waals surface area contributed by atoms with Crippen LogP contribution < -0.4 is 5.32 Å². The van der Waals surface area contributed by atoms with E-state index in [1.807, 2.05) is 6.07 Å². The van der Waals surface area contributed by atoms with Gasteiger partial charge in [-0.15, -0.1) is 0 Å². The maximum absolute atomic E-state index is 9.42. The Hall–Kier alpha value is -1.32. The van der Waals surface area contributed by atoms with Gasteiger partial charge in [-0.25, -0.2) is 0 Å². The van der Waals surface area contributed by atoms with Crippen LogP contribution in [0.25, 0.3) is 10.9 Å². The fraction of sp³-hybridized carbons (Fsp3) is 0.429. The van der Waals surface area contributed by atoms with Gasteiger partial charge in [0, 0.05) is 28.7 Å². The normalized spacial score (nSPS) is 17.7. The number of aliphatic hydroxyl groups is 1. The number of fused-ring (bicyclic) bond motifs is 1. The summed E-state index contributed by atoms with van der Waals surface area (Å²) in [5, 5.41) is 14.0. The molecule has 1 aromatic heterocycles. The van der Waals surface area contributed by atoms with Crippen molar-refractivity contribution in [3.8, 4) is 0 Å². The molecule has 17 heavy (non-hydrogen) atoms. The van der Waals surface area contributed by atoms with Gasteiger partial charge in [-0.3, -0.25) is 0 Å². The first-order chi connectivity index (χ1) is 8.40. The topological polar surface area (TPSA) is 37.2 Å². The van der Waals surface area contributed by atoms with Gasteiger partial charge in [-0.1, -0.05) is 18.2 Å². The minimum atomic E-state index is 0.123. The average molecular weight is 230 g/mol. The Balaban J connectivity index is 2.08. The van der Waals surface area contributed by atoms with Crippen LogP contribution >= 0.6 is 0 Å². The fourth-order valence-corrected chi connectivity index (χ4v) is 2.79. The Morgan fingerprint density at radius 1 is 1.24 bits per heavy atom. The third-order valence-electron chi connectivity index (χ3n) is 3.70. The molecule has 0 amide bonds. The van der Waals surface area contributed by atoms with Crippen molar-refractivity contribution in [1.29, 1.82) is 0 Å². The number of hydrogen-bond donors (Lipinski definition) is 2. The Morgan fingerprint density at radius 3 is 2.76 bits per heavy atom. The first-order valence-electron chi connectivity index (χ1n) is 6.30. The van der Waals surface area contributed by atoms with Gasteiger partial charge in [0.1, 0.15) is 0 Å². The standard InChI is InChI=1S/C14H18N2O/c17-10-11-9-16(12-5-7-15-8-6-12)14-4-2-1-3-13(11)14/h1-4,9,12,15,17H,5-8,10H2. The lowest BCUT2D eigenvalue weighted by molar-refractivity contribution is 0.282. The van der Waals surface area contributed by atoms with Crippen LogP contribution in [0.1, 0.15) is 24.4 Å². The van der Waals surface area contributed by atoms with Crippen LogP contribution in [0.2, 0.25) is 0 Å². The van der Waals surface area contributed by atoms with E-state index >= 15 is 0 Å². The zero-order valence-electron chi connectivity index (χ0n) is 9.89. The van der Waals surface area contributed by atoms with Crippen LogP contribution in [0.5, 0.6) is 0 Å². The predicted molar refractivity (Wildman–Crippen MR) is 69.0 cm³/mol. The van der Waals surface area contributed by atoms with Crippen LogP contribution in [-0.2, 0) is 6.61 Å². The van der Waals surface area contributed by atoms with Crippen molar-refractivity contribution in [2.24, 2.45) is 0 Å². The van der Waals surface area contributed by atoms with Crippen molar-refractivity contribution < 1.29 is 5.11 Å². The molecule has 2 N–H and O–H groups in total. The van der Waals surface area contributed by atoms with Gasteiger partial charge in [0.25, 0.3) is 0 Å². The average Bonchev–Trinajstić information content (AvgIpc) is 2.78. The molecule has 1 aliphatic heterocycles. The van der Waals surface area contributed by atoms with E-state index in [4.69, 9.17) is 0 Å². The van der Waals surface area contributed by atoms with Crippen molar-refractivity contribution in [2.45, 2.75) is 25.5 Å². The van der Waals surface area contributed by atoms with E-state index in [1.165, 1.54) is 23.7 Å². The summed E-state index contributed by atoms with van der Waals surface area (Å²) in [6.45, 7) is 2.30. The van der Waals surface area contributed by atoms with Gasteiger partial charge in [0.2, 0.25) is 0 Å². The highest BCUT2D eigenvalue weighted by Gasteiger charge is 2.17. The second-order valence-electron chi connectivity index (χ2n) is 4.72. The minimum Gasteiger partial charge on any atom is -0.392 e. The summed E-state index contributed by atoms with van der Waals surface area (Å²) in [4.78, 5) is 0. The van der Waals surface area contributed by atoms with E-state index < -0.39 is 0 Å². The number of benzene rings is 1.